The van der Waals surface area contributed by atoms with E-state index in [-0.39, 0.29) is 12.0 Å². The topological polar surface area (TPSA) is 57.5 Å². The number of hydrogen-bond donors (Lipinski definition) is 2. The molecule has 2 unspecified atom stereocenters. The van der Waals surface area contributed by atoms with Crippen LogP contribution in [0.3, 0.4) is 0 Å². The lowest BCUT2D eigenvalue weighted by Crippen LogP contribution is -2.18. The Hall–Kier alpha value is -1.56. The maximum Gasteiger partial charge on any atom is 0.416 e. The molecule has 0 aliphatic heterocycles. The quantitative estimate of drug-likeness (QED) is 0.796. The second-order valence-corrected chi connectivity index (χ2v) is 4.01. The van der Waals surface area contributed by atoms with Gasteiger partial charge in [0.15, 0.2) is 0 Å². The Morgan fingerprint density at radius 3 is 2.53 bits per heavy atom. The van der Waals surface area contributed by atoms with Gasteiger partial charge in [-0.1, -0.05) is 6.07 Å². The minimum absolute atomic E-state index is 0.0595. The average molecular weight is 246 g/mol. The molecule has 2 rings (SSSR count). The molecular weight excluding hydrogens is 237 g/mol. The van der Waals surface area contributed by atoms with Crippen molar-refractivity contribution < 1.29 is 28.2 Å². The number of alkyl halides is 3. The minimum Gasteiger partial charge on any atom is -0.481 e. The van der Waals surface area contributed by atoms with Gasteiger partial charge < -0.3 is 10.2 Å². The predicted molar refractivity (Wildman–Crippen MR) is 51.2 cm³/mol. The standard InChI is InChI=1S/C11H9F3O3/c12-11(13,14)6-2-1-5-3-8(10(16)17)9(15)7(5)4-6/h1-2,4,8-9,15H,3H2,(H,16,17). The summed E-state index contributed by atoms with van der Waals surface area (Å²) in [5.41, 5.74) is -0.355. The van der Waals surface area contributed by atoms with Crippen molar-refractivity contribution in [2.24, 2.45) is 5.92 Å². The molecule has 0 fully saturated rings. The number of rotatable bonds is 1. The molecule has 0 bridgehead atoms. The first-order chi connectivity index (χ1) is 7.80. The second-order valence-electron chi connectivity index (χ2n) is 4.01. The molecule has 1 aromatic rings. The Morgan fingerprint density at radius 1 is 1.35 bits per heavy atom. The first-order valence-corrected chi connectivity index (χ1v) is 4.91. The van der Waals surface area contributed by atoms with Gasteiger partial charge in [-0.05, 0) is 29.7 Å². The zero-order valence-electron chi connectivity index (χ0n) is 8.53. The Morgan fingerprint density at radius 2 is 2.00 bits per heavy atom. The number of halogens is 3. The fraction of sp³-hybridized carbons (Fsp3) is 0.364. The monoisotopic (exact) mass is 246 g/mol. The van der Waals surface area contributed by atoms with Crippen molar-refractivity contribution in [3.63, 3.8) is 0 Å². The molecule has 0 spiro atoms. The lowest BCUT2D eigenvalue weighted by atomic mass is 10.0. The van der Waals surface area contributed by atoms with Crippen LogP contribution in [-0.4, -0.2) is 16.2 Å². The van der Waals surface area contributed by atoms with E-state index in [2.05, 4.69) is 0 Å². The number of benzene rings is 1. The molecule has 0 saturated heterocycles. The zero-order valence-corrected chi connectivity index (χ0v) is 8.53. The van der Waals surface area contributed by atoms with Crippen LogP contribution in [0.5, 0.6) is 0 Å². The molecule has 92 valence electrons. The Bertz CT molecular complexity index is 468. The zero-order chi connectivity index (χ0) is 12.8. The molecule has 17 heavy (non-hydrogen) atoms. The predicted octanol–water partition coefficient (Wildman–Crippen LogP) is 2.00. The fourth-order valence-corrected chi connectivity index (χ4v) is 2.02. The molecule has 1 aliphatic carbocycles. The van der Waals surface area contributed by atoms with Crippen LogP contribution in [0.1, 0.15) is 22.8 Å². The van der Waals surface area contributed by atoms with Gasteiger partial charge in [-0.3, -0.25) is 4.79 Å². The number of aliphatic hydroxyl groups excluding tert-OH is 1. The van der Waals surface area contributed by atoms with E-state index < -0.39 is 29.7 Å². The molecule has 6 heteroatoms. The van der Waals surface area contributed by atoms with Crippen molar-refractivity contribution in [1.82, 2.24) is 0 Å². The summed E-state index contributed by atoms with van der Waals surface area (Å²) < 4.78 is 37.3. The van der Waals surface area contributed by atoms with E-state index in [9.17, 15) is 23.1 Å². The molecular formula is C11H9F3O3. The highest BCUT2D eigenvalue weighted by molar-refractivity contribution is 5.73. The van der Waals surface area contributed by atoms with Crippen molar-refractivity contribution in [1.29, 1.82) is 0 Å². The molecule has 0 aromatic heterocycles. The summed E-state index contributed by atoms with van der Waals surface area (Å²) in [5.74, 6) is -2.27. The summed E-state index contributed by atoms with van der Waals surface area (Å²) in [6, 6.07) is 2.95. The SMILES string of the molecule is O=C(O)C1Cc2ccc(C(F)(F)F)cc2C1O. The molecule has 1 aromatic carbocycles. The summed E-state index contributed by atoms with van der Waals surface area (Å²) in [7, 11) is 0. The van der Waals surface area contributed by atoms with Crippen LogP contribution >= 0.6 is 0 Å². The van der Waals surface area contributed by atoms with Crippen molar-refractivity contribution in [3.8, 4) is 0 Å². The summed E-state index contributed by atoms with van der Waals surface area (Å²) >= 11 is 0. The van der Waals surface area contributed by atoms with Gasteiger partial charge in [0.1, 0.15) is 0 Å². The molecule has 3 nitrogen and oxygen atoms in total. The molecule has 0 heterocycles. The number of carboxylic acids is 1. The highest BCUT2D eigenvalue weighted by atomic mass is 19.4. The van der Waals surface area contributed by atoms with E-state index in [0.29, 0.717) is 5.56 Å². The van der Waals surface area contributed by atoms with Crippen LogP contribution in [0.15, 0.2) is 18.2 Å². The number of carboxylic acid groups (broad SMARTS) is 1. The van der Waals surface area contributed by atoms with E-state index in [0.717, 1.165) is 12.1 Å². The first kappa shape index (κ1) is 11.9. The number of aliphatic hydroxyl groups is 1. The smallest absolute Gasteiger partial charge is 0.416 e. The molecule has 2 atom stereocenters. The van der Waals surface area contributed by atoms with Gasteiger partial charge in [0.2, 0.25) is 0 Å². The molecule has 0 amide bonds. The lowest BCUT2D eigenvalue weighted by Gasteiger charge is -2.11. The van der Waals surface area contributed by atoms with Gasteiger partial charge in [-0.15, -0.1) is 0 Å². The summed E-state index contributed by atoms with van der Waals surface area (Å²) in [6.45, 7) is 0. The van der Waals surface area contributed by atoms with Gasteiger partial charge in [-0.25, -0.2) is 0 Å². The van der Waals surface area contributed by atoms with Crippen molar-refractivity contribution in [2.75, 3.05) is 0 Å². The van der Waals surface area contributed by atoms with E-state index in [1.54, 1.807) is 0 Å². The van der Waals surface area contributed by atoms with E-state index >= 15 is 0 Å². The molecule has 1 aliphatic rings. The largest absolute Gasteiger partial charge is 0.481 e. The highest BCUT2D eigenvalue weighted by Gasteiger charge is 2.38. The highest BCUT2D eigenvalue weighted by Crippen LogP contribution is 2.39. The average Bonchev–Trinajstić information content (AvgIpc) is 2.54. The minimum atomic E-state index is -4.49. The van der Waals surface area contributed by atoms with E-state index in [4.69, 9.17) is 5.11 Å². The molecule has 0 saturated carbocycles. The number of carbonyl (C=O) groups is 1. The maximum atomic E-state index is 12.4. The van der Waals surface area contributed by atoms with Crippen LogP contribution in [0, 0.1) is 5.92 Å². The molecule has 2 N–H and O–H groups in total. The normalized spacial score (nSPS) is 23.5. The van der Waals surface area contributed by atoms with E-state index in [1.165, 1.54) is 6.07 Å². The van der Waals surface area contributed by atoms with Crippen LogP contribution in [0.4, 0.5) is 13.2 Å². The summed E-state index contributed by atoms with van der Waals surface area (Å²) in [5, 5.41) is 18.5. The van der Waals surface area contributed by atoms with Gasteiger partial charge in [0.05, 0.1) is 17.6 Å². The van der Waals surface area contributed by atoms with Crippen molar-refractivity contribution in [2.45, 2.75) is 18.7 Å². The fourth-order valence-electron chi connectivity index (χ4n) is 2.02. The van der Waals surface area contributed by atoms with Crippen LogP contribution < -0.4 is 0 Å². The Kier molecular flexibility index (Phi) is 2.61. The van der Waals surface area contributed by atoms with Crippen LogP contribution in [-0.2, 0) is 17.4 Å². The third-order valence-corrected chi connectivity index (χ3v) is 2.93. The third kappa shape index (κ3) is 2.00. The summed E-state index contributed by atoms with van der Waals surface area (Å²) in [4.78, 5) is 10.8. The van der Waals surface area contributed by atoms with Gasteiger partial charge >= 0.3 is 12.1 Å². The lowest BCUT2D eigenvalue weighted by molar-refractivity contribution is -0.145. The maximum absolute atomic E-state index is 12.4. The Balaban J connectivity index is 2.41. The van der Waals surface area contributed by atoms with Gasteiger partial charge in [-0.2, -0.15) is 13.2 Å². The van der Waals surface area contributed by atoms with Crippen LogP contribution in [0.2, 0.25) is 0 Å². The molecule has 0 radical (unpaired) electrons. The van der Waals surface area contributed by atoms with Gasteiger partial charge in [0.25, 0.3) is 0 Å². The number of fused-ring (bicyclic) bond motifs is 1. The number of hydrogen-bond acceptors (Lipinski definition) is 2. The van der Waals surface area contributed by atoms with E-state index in [1.807, 2.05) is 0 Å². The third-order valence-electron chi connectivity index (χ3n) is 2.93. The number of aliphatic carboxylic acids is 1. The van der Waals surface area contributed by atoms with Gasteiger partial charge in [0, 0.05) is 0 Å². The second kappa shape index (κ2) is 3.73. The summed E-state index contributed by atoms with van der Waals surface area (Å²) in [6.07, 6.45) is -5.80. The van der Waals surface area contributed by atoms with Crippen molar-refractivity contribution in [3.05, 3.63) is 34.9 Å². The Labute approximate surface area is 94.5 Å². The van der Waals surface area contributed by atoms with Crippen LogP contribution in [0.25, 0.3) is 0 Å². The first-order valence-electron chi connectivity index (χ1n) is 4.91. The van der Waals surface area contributed by atoms with Crippen molar-refractivity contribution >= 4 is 5.97 Å².